The van der Waals surface area contributed by atoms with Gasteiger partial charge in [0.1, 0.15) is 0 Å². The Hall–Kier alpha value is -0.650. The summed E-state index contributed by atoms with van der Waals surface area (Å²) >= 11 is 0. The van der Waals surface area contributed by atoms with E-state index < -0.39 is 0 Å². The van der Waals surface area contributed by atoms with Gasteiger partial charge in [-0.25, -0.2) is 5.84 Å². The number of likely N-dealkylation sites (tertiary alicyclic amines) is 1. The summed E-state index contributed by atoms with van der Waals surface area (Å²) in [5.74, 6) is 4.96. The molecule has 0 aromatic carbocycles. The molecule has 0 radical (unpaired) electrons. The first-order valence-electron chi connectivity index (χ1n) is 6.51. The summed E-state index contributed by atoms with van der Waals surface area (Å²) in [5, 5.41) is 0. The highest BCUT2D eigenvalue weighted by Crippen LogP contribution is 2.14. The molecule has 1 rings (SSSR count). The number of likely N-dealkylation sites (N-methyl/N-ethyl adjacent to an activating group) is 1. The Morgan fingerprint density at radius 1 is 1.41 bits per heavy atom. The lowest BCUT2D eigenvalue weighted by Crippen LogP contribution is -2.32. The van der Waals surface area contributed by atoms with Crippen LogP contribution < -0.4 is 11.3 Å². The van der Waals surface area contributed by atoms with Gasteiger partial charge in [0.15, 0.2) is 0 Å². The van der Waals surface area contributed by atoms with Crippen molar-refractivity contribution in [1.29, 1.82) is 0 Å². The third-order valence-electron chi connectivity index (χ3n) is 3.52. The Morgan fingerprint density at radius 3 is 2.76 bits per heavy atom. The smallest absolute Gasteiger partial charge is 0.233 e. The number of nitrogens with two attached hydrogens (primary N) is 1. The molecule has 5 heteroatoms. The molecular weight excluding hydrogens is 216 g/mol. The third-order valence-corrected chi connectivity index (χ3v) is 3.52. The van der Waals surface area contributed by atoms with Crippen LogP contribution in [0.3, 0.4) is 0 Å². The van der Waals surface area contributed by atoms with E-state index in [1.54, 1.807) is 0 Å². The number of hydrogen-bond acceptors (Lipinski definition) is 4. The summed E-state index contributed by atoms with van der Waals surface area (Å²) in [6.07, 6.45) is 5.06. The minimum Gasteiger partial charge on any atom is -0.305 e. The van der Waals surface area contributed by atoms with Gasteiger partial charge in [-0.2, -0.15) is 0 Å². The number of amides is 1. The van der Waals surface area contributed by atoms with E-state index in [1.807, 2.05) is 0 Å². The Kier molecular flexibility index (Phi) is 6.47. The van der Waals surface area contributed by atoms with E-state index in [2.05, 4.69) is 29.3 Å². The van der Waals surface area contributed by atoms with Gasteiger partial charge < -0.3 is 9.80 Å². The van der Waals surface area contributed by atoms with Crippen LogP contribution in [0.15, 0.2) is 0 Å². The number of rotatable bonds is 7. The largest absolute Gasteiger partial charge is 0.305 e. The zero-order valence-corrected chi connectivity index (χ0v) is 11.1. The van der Waals surface area contributed by atoms with E-state index in [-0.39, 0.29) is 5.91 Å². The molecule has 5 nitrogen and oxygen atoms in total. The van der Waals surface area contributed by atoms with Gasteiger partial charge in [-0.15, -0.1) is 0 Å². The van der Waals surface area contributed by atoms with Crippen molar-refractivity contribution < 1.29 is 4.79 Å². The normalized spacial score (nSPS) is 21.1. The fourth-order valence-corrected chi connectivity index (χ4v) is 2.31. The van der Waals surface area contributed by atoms with Crippen molar-refractivity contribution in [2.75, 3.05) is 33.7 Å². The van der Waals surface area contributed by atoms with Gasteiger partial charge in [0.25, 0.3) is 0 Å². The maximum absolute atomic E-state index is 10.9. The van der Waals surface area contributed by atoms with Crippen LogP contribution in [0, 0.1) is 0 Å². The Labute approximate surface area is 104 Å². The fourth-order valence-electron chi connectivity index (χ4n) is 2.31. The first-order valence-corrected chi connectivity index (χ1v) is 6.51. The van der Waals surface area contributed by atoms with Crippen molar-refractivity contribution in [2.24, 2.45) is 5.84 Å². The number of carbonyl (C=O) groups is 1. The minimum absolute atomic E-state index is 0.0566. The summed E-state index contributed by atoms with van der Waals surface area (Å²) in [6.45, 7) is 3.57. The van der Waals surface area contributed by atoms with E-state index >= 15 is 0 Å². The third kappa shape index (κ3) is 5.48. The lowest BCUT2D eigenvalue weighted by Gasteiger charge is -2.20. The van der Waals surface area contributed by atoms with Crippen molar-refractivity contribution in [2.45, 2.75) is 38.1 Å². The minimum atomic E-state index is -0.0566. The second kappa shape index (κ2) is 7.63. The monoisotopic (exact) mass is 242 g/mol. The van der Waals surface area contributed by atoms with Crippen LogP contribution in [0.25, 0.3) is 0 Å². The Bertz CT molecular complexity index is 233. The Morgan fingerprint density at radius 2 is 2.18 bits per heavy atom. The zero-order valence-electron chi connectivity index (χ0n) is 11.1. The summed E-state index contributed by atoms with van der Waals surface area (Å²) in [5.41, 5.74) is 2.16. The van der Waals surface area contributed by atoms with Gasteiger partial charge >= 0.3 is 0 Å². The second-order valence-corrected chi connectivity index (χ2v) is 5.08. The number of nitrogens with one attached hydrogen (secondary N) is 1. The van der Waals surface area contributed by atoms with Crippen LogP contribution in [0.2, 0.25) is 0 Å². The quantitative estimate of drug-likeness (QED) is 0.289. The van der Waals surface area contributed by atoms with Crippen molar-refractivity contribution in [3.8, 4) is 0 Å². The Balaban J connectivity index is 1.99. The summed E-state index contributed by atoms with van der Waals surface area (Å²) < 4.78 is 0. The summed E-state index contributed by atoms with van der Waals surface area (Å²) in [4.78, 5) is 15.7. The van der Waals surface area contributed by atoms with E-state index in [0.717, 1.165) is 25.4 Å². The summed E-state index contributed by atoms with van der Waals surface area (Å²) in [7, 11) is 4.30. The van der Waals surface area contributed by atoms with Crippen molar-refractivity contribution >= 4 is 5.91 Å². The van der Waals surface area contributed by atoms with E-state index in [9.17, 15) is 4.79 Å². The molecular formula is C12H26N4O. The highest BCUT2D eigenvalue weighted by molar-refractivity contribution is 5.74. The van der Waals surface area contributed by atoms with Crippen molar-refractivity contribution in [3.05, 3.63) is 0 Å². The van der Waals surface area contributed by atoms with Crippen LogP contribution in [0.1, 0.15) is 32.1 Å². The highest BCUT2D eigenvalue weighted by atomic mass is 16.2. The molecule has 1 saturated heterocycles. The van der Waals surface area contributed by atoms with Crippen LogP contribution in [0.5, 0.6) is 0 Å². The molecule has 1 amide bonds. The number of hydrogen-bond donors (Lipinski definition) is 2. The SMILES string of the molecule is CN(C)C1CCN(CCCCCC(=O)NN)C1. The van der Waals surface area contributed by atoms with Gasteiger partial charge in [-0.05, 0) is 46.4 Å². The predicted octanol–water partition coefficient (Wildman–Crippen LogP) is 0.173. The van der Waals surface area contributed by atoms with Crippen molar-refractivity contribution in [1.82, 2.24) is 15.2 Å². The lowest BCUT2D eigenvalue weighted by molar-refractivity contribution is -0.121. The maximum Gasteiger partial charge on any atom is 0.233 e. The van der Waals surface area contributed by atoms with Gasteiger partial charge in [0.2, 0.25) is 5.91 Å². The molecule has 100 valence electrons. The molecule has 0 aromatic rings. The van der Waals surface area contributed by atoms with E-state index in [0.29, 0.717) is 6.42 Å². The first kappa shape index (κ1) is 14.4. The van der Waals surface area contributed by atoms with Gasteiger partial charge in [-0.1, -0.05) is 6.42 Å². The molecule has 1 heterocycles. The molecule has 1 atom stereocenters. The van der Waals surface area contributed by atoms with Gasteiger partial charge in [0.05, 0.1) is 0 Å². The van der Waals surface area contributed by atoms with Crippen molar-refractivity contribution in [3.63, 3.8) is 0 Å². The van der Waals surface area contributed by atoms with Gasteiger partial charge in [-0.3, -0.25) is 10.2 Å². The fraction of sp³-hybridized carbons (Fsp3) is 0.917. The molecule has 0 saturated carbocycles. The first-order chi connectivity index (χ1) is 8.13. The van der Waals surface area contributed by atoms with Crippen LogP contribution in [-0.2, 0) is 4.79 Å². The molecule has 1 unspecified atom stereocenters. The molecule has 1 aliphatic rings. The predicted molar refractivity (Wildman–Crippen MR) is 69.3 cm³/mol. The second-order valence-electron chi connectivity index (χ2n) is 5.08. The van der Waals surface area contributed by atoms with Crippen LogP contribution in [-0.4, -0.2) is 55.5 Å². The zero-order chi connectivity index (χ0) is 12.7. The standard InChI is InChI=1S/C12H26N4O/c1-15(2)11-7-9-16(10-11)8-5-3-4-6-12(17)14-13/h11H,3-10,13H2,1-2H3,(H,14,17). The average Bonchev–Trinajstić information content (AvgIpc) is 2.77. The molecule has 17 heavy (non-hydrogen) atoms. The lowest BCUT2D eigenvalue weighted by atomic mass is 10.2. The van der Waals surface area contributed by atoms with E-state index in [1.165, 1.54) is 25.9 Å². The average molecular weight is 242 g/mol. The number of hydrazine groups is 1. The molecule has 1 aliphatic heterocycles. The molecule has 0 aliphatic carbocycles. The number of unbranched alkanes of at least 4 members (excludes halogenated alkanes) is 2. The van der Waals surface area contributed by atoms with Crippen LogP contribution in [0.4, 0.5) is 0 Å². The number of carbonyl (C=O) groups excluding carboxylic acids is 1. The highest BCUT2D eigenvalue weighted by Gasteiger charge is 2.22. The topological polar surface area (TPSA) is 61.6 Å². The van der Waals surface area contributed by atoms with E-state index in [4.69, 9.17) is 5.84 Å². The molecule has 0 bridgehead atoms. The van der Waals surface area contributed by atoms with Crippen LogP contribution >= 0.6 is 0 Å². The maximum atomic E-state index is 10.9. The molecule has 1 fully saturated rings. The number of nitrogens with zero attached hydrogens (tertiary/aromatic N) is 2. The molecule has 0 spiro atoms. The van der Waals surface area contributed by atoms with Gasteiger partial charge in [0, 0.05) is 19.0 Å². The molecule has 0 aromatic heterocycles. The molecule has 3 N–H and O–H groups in total. The summed E-state index contributed by atoms with van der Waals surface area (Å²) in [6, 6.07) is 0.720.